The van der Waals surface area contributed by atoms with Crippen LogP contribution in [0.2, 0.25) is 0 Å². The minimum atomic E-state index is 0.00210. The average molecular weight is 486 g/mol. The van der Waals surface area contributed by atoms with E-state index in [0.29, 0.717) is 45.1 Å². The fraction of sp³-hybridized carbons (Fsp3) is 0.379. The first kappa shape index (κ1) is 25.4. The smallest absolute Gasteiger partial charge is 0.242 e. The monoisotopic (exact) mass is 485 g/mol. The van der Waals surface area contributed by atoms with Crippen molar-refractivity contribution in [2.24, 2.45) is 5.92 Å². The van der Waals surface area contributed by atoms with Crippen molar-refractivity contribution in [1.29, 1.82) is 0 Å². The van der Waals surface area contributed by atoms with Crippen LogP contribution in [0.15, 0.2) is 72.8 Å². The zero-order valence-electron chi connectivity index (χ0n) is 21.2. The third kappa shape index (κ3) is 6.68. The van der Waals surface area contributed by atoms with Crippen LogP contribution in [0, 0.1) is 5.92 Å². The Kier molecular flexibility index (Phi) is 8.66. The number of aromatic nitrogens is 2. The lowest BCUT2D eigenvalue weighted by atomic mass is 10.1. The van der Waals surface area contributed by atoms with Crippen LogP contribution < -0.4 is 4.90 Å². The maximum Gasteiger partial charge on any atom is 0.242 e. The molecular formula is C29H35N5O2. The summed E-state index contributed by atoms with van der Waals surface area (Å²) in [5.74, 6) is 1.16. The molecule has 0 spiro atoms. The fourth-order valence-corrected chi connectivity index (χ4v) is 4.35. The third-order valence-electron chi connectivity index (χ3n) is 6.78. The first-order valence-electron chi connectivity index (χ1n) is 12.8. The second kappa shape index (κ2) is 12.3. The fourth-order valence-electron chi connectivity index (χ4n) is 4.35. The molecule has 0 bridgehead atoms. The van der Waals surface area contributed by atoms with Gasteiger partial charge < -0.3 is 14.7 Å². The predicted molar refractivity (Wildman–Crippen MR) is 142 cm³/mol. The summed E-state index contributed by atoms with van der Waals surface area (Å²) in [7, 11) is 0. The van der Waals surface area contributed by atoms with Gasteiger partial charge in [-0.25, -0.2) is 0 Å². The van der Waals surface area contributed by atoms with Gasteiger partial charge in [-0.15, -0.1) is 10.2 Å². The Morgan fingerprint density at radius 3 is 2.17 bits per heavy atom. The highest BCUT2D eigenvalue weighted by molar-refractivity contribution is 5.86. The van der Waals surface area contributed by atoms with Crippen molar-refractivity contribution in [3.05, 3.63) is 78.4 Å². The third-order valence-corrected chi connectivity index (χ3v) is 6.78. The van der Waals surface area contributed by atoms with Crippen LogP contribution in [0.5, 0.6) is 0 Å². The van der Waals surface area contributed by atoms with Crippen molar-refractivity contribution in [1.82, 2.24) is 20.0 Å². The molecule has 0 radical (unpaired) electrons. The molecular weight excluding hydrogens is 450 g/mol. The van der Waals surface area contributed by atoms with Crippen molar-refractivity contribution in [2.45, 2.75) is 26.7 Å². The molecule has 1 saturated heterocycles. The molecule has 2 aromatic carbocycles. The normalized spacial score (nSPS) is 14.4. The van der Waals surface area contributed by atoms with Crippen LogP contribution in [0.25, 0.3) is 11.3 Å². The summed E-state index contributed by atoms with van der Waals surface area (Å²) in [6.45, 7) is 7.54. The lowest BCUT2D eigenvalue weighted by molar-refractivity contribution is -0.140. The second-order valence-corrected chi connectivity index (χ2v) is 9.46. The number of piperazine rings is 1. The Bertz CT molecular complexity index is 1110. The van der Waals surface area contributed by atoms with Gasteiger partial charge in [-0.1, -0.05) is 80.9 Å². The van der Waals surface area contributed by atoms with Gasteiger partial charge in [-0.05, 0) is 23.6 Å². The molecule has 1 aliphatic heterocycles. The number of hydrogen-bond acceptors (Lipinski definition) is 5. The summed E-state index contributed by atoms with van der Waals surface area (Å²) in [6, 6.07) is 23.7. The number of carbonyl (C=O) groups excluding carboxylic acids is 2. The van der Waals surface area contributed by atoms with E-state index in [2.05, 4.69) is 28.9 Å². The summed E-state index contributed by atoms with van der Waals surface area (Å²) >= 11 is 0. The summed E-state index contributed by atoms with van der Waals surface area (Å²) in [5, 5.41) is 8.81. The highest BCUT2D eigenvalue weighted by atomic mass is 16.2. The van der Waals surface area contributed by atoms with Gasteiger partial charge in [0.1, 0.15) is 0 Å². The highest BCUT2D eigenvalue weighted by Gasteiger charge is 2.26. The number of rotatable bonds is 9. The Labute approximate surface area is 213 Å². The van der Waals surface area contributed by atoms with E-state index in [1.165, 1.54) is 0 Å². The van der Waals surface area contributed by atoms with E-state index in [9.17, 15) is 9.59 Å². The summed E-state index contributed by atoms with van der Waals surface area (Å²) in [4.78, 5) is 32.0. The highest BCUT2D eigenvalue weighted by Crippen LogP contribution is 2.19. The van der Waals surface area contributed by atoms with Gasteiger partial charge in [-0.3, -0.25) is 9.59 Å². The molecule has 1 atom stereocenters. The second-order valence-electron chi connectivity index (χ2n) is 9.46. The van der Waals surface area contributed by atoms with E-state index in [1.54, 1.807) is 4.90 Å². The first-order valence-corrected chi connectivity index (χ1v) is 12.8. The Balaban J connectivity index is 1.33. The lowest BCUT2D eigenvalue weighted by Gasteiger charge is -2.36. The number of carbonyl (C=O) groups is 2. The quantitative estimate of drug-likeness (QED) is 0.460. The van der Waals surface area contributed by atoms with E-state index in [0.717, 1.165) is 29.1 Å². The van der Waals surface area contributed by atoms with Crippen LogP contribution in [0.3, 0.4) is 0 Å². The number of hydrogen-bond donors (Lipinski definition) is 0. The van der Waals surface area contributed by atoms with Crippen LogP contribution in [-0.4, -0.2) is 71.1 Å². The molecule has 1 fully saturated rings. The van der Waals surface area contributed by atoms with Gasteiger partial charge in [0.25, 0.3) is 0 Å². The van der Waals surface area contributed by atoms with E-state index in [-0.39, 0.29) is 18.4 Å². The summed E-state index contributed by atoms with van der Waals surface area (Å²) < 4.78 is 0. The lowest BCUT2D eigenvalue weighted by Crippen LogP contribution is -2.52. The predicted octanol–water partition coefficient (Wildman–Crippen LogP) is 3.91. The van der Waals surface area contributed by atoms with Gasteiger partial charge in [0.15, 0.2) is 5.82 Å². The molecule has 2 amide bonds. The van der Waals surface area contributed by atoms with E-state index >= 15 is 0 Å². The molecule has 1 aliphatic rings. The average Bonchev–Trinajstić information content (AvgIpc) is 2.93. The van der Waals surface area contributed by atoms with Crippen LogP contribution >= 0.6 is 0 Å². The summed E-state index contributed by atoms with van der Waals surface area (Å²) in [5.41, 5.74) is 2.85. The minimum absolute atomic E-state index is 0.00210. The first-order chi connectivity index (χ1) is 17.5. The Morgan fingerprint density at radius 1 is 0.889 bits per heavy atom. The molecule has 3 aromatic rings. The van der Waals surface area contributed by atoms with Gasteiger partial charge in [0.2, 0.25) is 11.8 Å². The molecule has 0 unspecified atom stereocenters. The number of anilines is 1. The standard InChI is InChI=1S/C29H35N5O2/c1-3-23(2)21-34(28(35)20-24-10-6-4-7-11-24)22-29(36)33-18-16-32(17-19-33)27-15-14-26(30-31-27)25-12-8-5-9-13-25/h4-15,23H,3,16-22H2,1-2H3/t23-/m1/s1. The van der Waals surface area contributed by atoms with E-state index < -0.39 is 0 Å². The van der Waals surface area contributed by atoms with Crippen molar-refractivity contribution in [3.63, 3.8) is 0 Å². The van der Waals surface area contributed by atoms with Gasteiger partial charge in [0.05, 0.1) is 18.7 Å². The van der Waals surface area contributed by atoms with Crippen LogP contribution in [-0.2, 0) is 16.0 Å². The van der Waals surface area contributed by atoms with Crippen LogP contribution in [0.4, 0.5) is 5.82 Å². The number of nitrogens with zero attached hydrogens (tertiary/aromatic N) is 5. The summed E-state index contributed by atoms with van der Waals surface area (Å²) in [6.07, 6.45) is 1.28. The molecule has 7 nitrogen and oxygen atoms in total. The minimum Gasteiger partial charge on any atom is -0.352 e. The van der Waals surface area contributed by atoms with Crippen LogP contribution in [0.1, 0.15) is 25.8 Å². The maximum absolute atomic E-state index is 13.2. The maximum atomic E-state index is 13.2. The molecule has 1 aromatic heterocycles. The Hall–Kier alpha value is -3.74. The van der Waals surface area contributed by atoms with Gasteiger partial charge in [0, 0.05) is 38.3 Å². The molecule has 0 saturated carbocycles. The molecule has 0 N–H and O–H groups in total. The molecule has 36 heavy (non-hydrogen) atoms. The van der Waals surface area contributed by atoms with Crippen molar-refractivity contribution >= 4 is 17.6 Å². The zero-order valence-corrected chi connectivity index (χ0v) is 21.2. The SMILES string of the molecule is CC[C@@H](C)CN(CC(=O)N1CCN(c2ccc(-c3ccccc3)nn2)CC1)C(=O)Cc1ccccc1. The molecule has 0 aliphatic carbocycles. The van der Waals surface area contributed by atoms with Gasteiger partial charge in [-0.2, -0.15) is 0 Å². The van der Waals surface area contributed by atoms with E-state index in [4.69, 9.17) is 0 Å². The topological polar surface area (TPSA) is 69.6 Å². The number of benzene rings is 2. The van der Waals surface area contributed by atoms with Crippen molar-refractivity contribution < 1.29 is 9.59 Å². The zero-order chi connectivity index (χ0) is 25.3. The van der Waals surface area contributed by atoms with E-state index in [1.807, 2.05) is 77.7 Å². The molecule has 188 valence electrons. The molecule has 2 heterocycles. The molecule has 4 rings (SSSR count). The van der Waals surface area contributed by atoms with Crippen molar-refractivity contribution in [3.8, 4) is 11.3 Å². The largest absolute Gasteiger partial charge is 0.352 e. The van der Waals surface area contributed by atoms with Gasteiger partial charge >= 0.3 is 0 Å². The number of amides is 2. The van der Waals surface area contributed by atoms with Crippen molar-refractivity contribution in [2.75, 3.05) is 44.2 Å². The molecule has 7 heteroatoms. The Morgan fingerprint density at radius 2 is 1.56 bits per heavy atom.